The SMILES string of the molecule is CCOC(CC(C)C)O[C@H]1[C@H](C)[C@@H](O[C@@H]2O[C@H](C)C[C@H](N(C)C)[C@H]2C=O)C2CC(C)=C(O2)[C@H](C)[C@@H](O)[C@](C)(O)[C@@H](CC)OC(=O)[C@@H]1C. The first-order chi connectivity index (χ1) is 22.0. The molecule has 0 saturated carbocycles. The lowest BCUT2D eigenvalue weighted by Crippen LogP contribution is -2.55. The third-order valence-corrected chi connectivity index (χ3v) is 10.4. The summed E-state index contributed by atoms with van der Waals surface area (Å²) in [4.78, 5) is 28.6. The molecule has 3 aliphatic rings. The third kappa shape index (κ3) is 9.15. The van der Waals surface area contributed by atoms with E-state index in [0.29, 0.717) is 31.6 Å². The molecule has 2 saturated heterocycles. The molecule has 0 aromatic heterocycles. The summed E-state index contributed by atoms with van der Waals surface area (Å²) in [5, 5.41) is 23.2. The van der Waals surface area contributed by atoms with E-state index in [0.717, 1.165) is 11.9 Å². The van der Waals surface area contributed by atoms with Crippen molar-refractivity contribution in [1.82, 2.24) is 4.90 Å². The number of esters is 1. The second-order valence-electron chi connectivity index (χ2n) is 15.0. The van der Waals surface area contributed by atoms with Gasteiger partial charge in [0.05, 0.1) is 30.1 Å². The molecule has 0 aromatic carbocycles. The molecule has 3 rings (SSSR count). The Kier molecular flexibility index (Phi) is 14.3. The summed E-state index contributed by atoms with van der Waals surface area (Å²) < 4.78 is 38.6. The zero-order valence-corrected chi connectivity index (χ0v) is 30.8. The molecule has 3 aliphatic heterocycles. The molecule has 0 radical (unpaired) electrons. The van der Waals surface area contributed by atoms with Crippen molar-refractivity contribution >= 4 is 12.3 Å². The second kappa shape index (κ2) is 16.9. The maximum atomic E-state index is 14.0. The number of carbonyl (C=O) groups excluding carboxylic acids is 2. The van der Waals surface area contributed by atoms with Gasteiger partial charge in [0, 0.05) is 37.3 Å². The molecule has 0 spiro atoms. The number of aliphatic hydroxyl groups excluding tert-OH is 1. The van der Waals surface area contributed by atoms with Gasteiger partial charge >= 0.3 is 5.97 Å². The Labute approximate surface area is 282 Å². The van der Waals surface area contributed by atoms with Gasteiger partial charge in [0.2, 0.25) is 0 Å². The quantitative estimate of drug-likeness (QED) is 0.184. The zero-order chi connectivity index (χ0) is 35.4. The summed E-state index contributed by atoms with van der Waals surface area (Å²) in [5.74, 6) is -2.20. The molecule has 11 heteroatoms. The molecule has 47 heavy (non-hydrogen) atoms. The first-order valence-electron chi connectivity index (χ1n) is 17.6. The van der Waals surface area contributed by atoms with Crippen molar-refractivity contribution < 1.29 is 48.2 Å². The molecule has 11 nitrogen and oxygen atoms in total. The Morgan fingerprint density at radius 3 is 2.30 bits per heavy atom. The van der Waals surface area contributed by atoms with E-state index < -0.39 is 78.3 Å². The Balaban J connectivity index is 2.16. The maximum absolute atomic E-state index is 14.0. The molecule has 0 aliphatic carbocycles. The fourth-order valence-corrected chi connectivity index (χ4v) is 7.61. The van der Waals surface area contributed by atoms with Crippen molar-refractivity contribution in [3.05, 3.63) is 11.3 Å². The van der Waals surface area contributed by atoms with Crippen LogP contribution in [0.2, 0.25) is 0 Å². The standard InChI is InChI=1S/C36H63NO10/c1-13-28-36(10,41)33(39)23(8)30-20(5)16-27(44-30)32(47-35-25(18-38)26(37(11)12)17-21(6)43-35)22(7)31(24(9)34(40)45-28)46-29(42-14-2)15-19(3)4/h18-19,21-29,31-33,35,39,41H,13-17H2,1-12H3/t21-,22+,23+,24-,25-,26+,27?,28-,29?,31+,32-,33-,35+,36-/m1/s1. The number of nitrogens with zero attached hydrogens (tertiary/aromatic N) is 1. The van der Waals surface area contributed by atoms with Crippen LogP contribution in [0.3, 0.4) is 0 Å². The Morgan fingerprint density at radius 2 is 1.74 bits per heavy atom. The van der Waals surface area contributed by atoms with E-state index in [1.165, 1.54) is 6.92 Å². The van der Waals surface area contributed by atoms with Gasteiger partial charge < -0.3 is 48.3 Å². The van der Waals surface area contributed by atoms with Gasteiger partial charge in [-0.15, -0.1) is 0 Å². The van der Waals surface area contributed by atoms with E-state index in [4.69, 9.17) is 28.4 Å². The molecule has 2 N–H and O–H groups in total. The lowest BCUT2D eigenvalue weighted by atomic mass is 9.81. The average molecular weight is 670 g/mol. The van der Waals surface area contributed by atoms with E-state index in [-0.39, 0.29) is 24.5 Å². The predicted molar refractivity (Wildman–Crippen MR) is 177 cm³/mol. The molecule has 3 heterocycles. The minimum absolute atomic E-state index is 0.0936. The van der Waals surface area contributed by atoms with Crippen LogP contribution in [0.4, 0.5) is 0 Å². The molecule has 14 atom stereocenters. The third-order valence-electron chi connectivity index (χ3n) is 10.4. The number of fused-ring (bicyclic) bond motifs is 2. The van der Waals surface area contributed by atoms with Crippen LogP contribution >= 0.6 is 0 Å². The van der Waals surface area contributed by atoms with E-state index >= 15 is 0 Å². The van der Waals surface area contributed by atoms with Crippen LogP contribution in [0.15, 0.2) is 11.3 Å². The van der Waals surface area contributed by atoms with Crippen molar-refractivity contribution in [3.8, 4) is 0 Å². The summed E-state index contributed by atoms with van der Waals surface area (Å²) in [6, 6.07) is -0.0936. The van der Waals surface area contributed by atoms with E-state index in [9.17, 15) is 19.8 Å². The minimum atomic E-state index is -1.76. The predicted octanol–water partition coefficient (Wildman–Crippen LogP) is 4.46. The summed E-state index contributed by atoms with van der Waals surface area (Å²) in [5.41, 5.74) is -0.839. The van der Waals surface area contributed by atoms with Gasteiger partial charge in [0.15, 0.2) is 12.6 Å². The summed E-state index contributed by atoms with van der Waals surface area (Å²) >= 11 is 0. The van der Waals surface area contributed by atoms with Crippen LogP contribution in [0, 0.1) is 29.6 Å². The lowest BCUT2D eigenvalue weighted by Gasteiger charge is -2.45. The molecule has 2 unspecified atom stereocenters. The number of aliphatic hydroxyl groups is 2. The fraction of sp³-hybridized carbons (Fsp3) is 0.889. The van der Waals surface area contributed by atoms with Crippen LogP contribution in [0.25, 0.3) is 0 Å². The van der Waals surface area contributed by atoms with Crippen LogP contribution < -0.4 is 0 Å². The van der Waals surface area contributed by atoms with Gasteiger partial charge in [-0.1, -0.05) is 34.6 Å². The zero-order valence-electron chi connectivity index (χ0n) is 30.8. The van der Waals surface area contributed by atoms with Crippen LogP contribution in [-0.4, -0.2) is 109 Å². The van der Waals surface area contributed by atoms with Crippen molar-refractivity contribution in [3.63, 3.8) is 0 Å². The van der Waals surface area contributed by atoms with Crippen LogP contribution in [0.5, 0.6) is 0 Å². The second-order valence-corrected chi connectivity index (χ2v) is 15.0. The van der Waals surface area contributed by atoms with Gasteiger partial charge in [0.1, 0.15) is 36.0 Å². The molecule has 2 fully saturated rings. The highest BCUT2D eigenvalue weighted by Crippen LogP contribution is 2.42. The smallest absolute Gasteiger partial charge is 0.311 e. The van der Waals surface area contributed by atoms with Crippen LogP contribution in [0.1, 0.15) is 94.9 Å². The van der Waals surface area contributed by atoms with E-state index in [2.05, 4.69) is 13.8 Å². The lowest BCUT2D eigenvalue weighted by molar-refractivity contribution is -0.275. The highest BCUT2D eigenvalue weighted by Gasteiger charge is 2.51. The summed E-state index contributed by atoms with van der Waals surface area (Å²) in [7, 11) is 3.89. The van der Waals surface area contributed by atoms with Crippen molar-refractivity contribution in [2.45, 2.75) is 156 Å². The average Bonchev–Trinajstić information content (AvgIpc) is 3.39. The van der Waals surface area contributed by atoms with E-state index in [1.54, 1.807) is 13.8 Å². The van der Waals surface area contributed by atoms with Gasteiger partial charge in [-0.05, 0) is 73.0 Å². The van der Waals surface area contributed by atoms with Gasteiger partial charge in [-0.2, -0.15) is 0 Å². The van der Waals surface area contributed by atoms with Gasteiger partial charge in [-0.25, -0.2) is 0 Å². The molecule has 272 valence electrons. The first kappa shape index (κ1) is 39.8. The van der Waals surface area contributed by atoms with E-state index in [1.807, 2.05) is 53.6 Å². The number of ether oxygens (including phenoxy) is 6. The van der Waals surface area contributed by atoms with Crippen LogP contribution in [-0.2, 0) is 38.0 Å². The Morgan fingerprint density at radius 1 is 1.09 bits per heavy atom. The molecule has 0 amide bonds. The Bertz CT molecular complexity index is 1060. The normalized spacial score (nSPS) is 41.1. The highest BCUT2D eigenvalue weighted by atomic mass is 16.7. The first-order valence-corrected chi connectivity index (χ1v) is 17.6. The monoisotopic (exact) mass is 669 g/mol. The summed E-state index contributed by atoms with van der Waals surface area (Å²) in [6.07, 6.45) is -2.95. The highest BCUT2D eigenvalue weighted by molar-refractivity contribution is 5.73. The Hall–Kier alpha value is -1.60. The largest absolute Gasteiger partial charge is 0.491 e. The van der Waals surface area contributed by atoms with Crippen molar-refractivity contribution in [2.75, 3.05) is 20.7 Å². The fourth-order valence-electron chi connectivity index (χ4n) is 7.61. The minimum Gasteiger partial charge on any atom is -0.491 e. The number of hydrogen-bond acceptors (Lipinski definition) is 11. The topological polar surface area (TPSA) is 133 Å². The van der Waals surface area contributed by atoms with Gasteiger partial charge in [0.25, 0.3) is 0 Å². The van der Waals surface area contributed by atoms with Crippen molar-refractivity contribution in [1.29, 1.82) is 0 Å². The maximum Gasteiger partial charge on any atom is 0.311 e. The van der Waals surface area contributed by atoms with Gasteiger partial charge in [-0.3, -0.25) is 4.79 Å². The number of hydrogen-bond donors (Lipinski definition) is 2. The molecular weight excluding hydrogens is 606 g/mol. The number of carbonyl (C=O) groups is 2. The molecule has 2 bridgehead atoms. The van der Waals surface area contributed by atoms with Crippen molar-refractivity contribution in [2.24, 2.45) is 29.6 Å². The molecule has 0 aromatic rings. The number of aldehydes is 1. The number of rotatable bonds is 11. The number of cyclic esters (lactones) is 1. The summed E-state index contributed by atoms with van der Waals surface area (Å²) in [6.45, 7) is 19.2. The molecular formula is C36H63NO10.